The molecule has 122 valence electrons. The number of aromatic nitrogens is 3. The molecule has 3 aromatic rings. The molecule has 0 radical (unpaired) electrons. The first kappa shape index (κ1) is 15.6. The number of carbonyl (C=O) groups is 1. The number of amides is 1. The molecule has 0 aliphatic carbocycles. The van der Waals surface area contributed by atoms with Crippen molar-refractivity contribution in [1.82, 2.24) is 15.0 Å². The van der Waals surface area contributed by atoms with Gasteiger partial charge in [-0.2, -0.15) is 0 Å². The molecular formula is C16H15N5O3. The largest absolute Gasteiger partial charge is 0.343 e. The molecule has 0 bridgehead atoms. The summed E-state index contributed by atoms with van der Waals surface area (Å²) in [5.41, 5.74) is 3.11. The molecule has 1 aromatic carbocycles. The average Bonchev–Trinajstić information content (AvgIpc) is 2.83. The molecule has 0 fully saturated rings. The summed E-state index contributed by atoms with van der Waals surface area (Å²) < 4.78 is 0. The summed E-state index contributed by atoms with van der Waals surface area (Å²) in [4.78, 5) is 34.0. The molecule has 0 saturated heterocycles. The molecule has 8 heteroatoms. The molecule has 2 N–H and O–H groups in total. The summed E-state index contributed by atoms with van der Waals surface area (Å²) in [6, 6.07) is 6.01. The van der Waals surface area contributed by atoms with Gasteiger partial charge in [0.25, 0.3) is 5.69 Å². The highest BCUT2D eigenvalue weighted by molar-refractivity contribution is 6.00. The van der Waals surface area contributed by atoms with Crippen LogP contribution in [0.25, 0.3) is 11.0 Å². The van der Waals surface area contributed by atoms with E-state index >= 15 is 0 Å². The molecule has 0 saturated carbocycles. The number of anilines is 1. The van der Waals surface area contributed by atoms with Crippen LogP contribution in [0.5, 0.6) is 0 Å². The maximum Gasteiger partial charge on any atom is 0.269 e. The number of aryl methyl sites for hydroxylation is 2. The Bertz CT molecular complexity index is 948. The number of fused-ring (bicyclic) bond motifs is 1. The van der Waals surface area contributed by atoms with Gasteiger partial charge in [-0.15, -0.1) is 0 Å². The number of hydrogen-bond donors (Lipinski definition) is 2. The molecule has 0 aliphatic heterocycles. The summed E-state index contributed by atoms with van der Waals surface area (Å²) in [5.74, 6) is 0.131. The highest BCUT2D eigenvalue weighted by Crippen LogP contribution is 2.25. The van der Waals surface area contributed by atoms with E-state index in [1.165, 1.54) is 18.5 Å². The van der Waals surface area contributed by atoms with Gasteiger partial charge in [0, 0.05) is 17.8 Å². The first-order chi connectivity index (χ1) is 11.5. The number of hydrogen-bond acceptors (Lipinski definition) is 5. The average molecular weight is 325 g/mol. The zero-order valence-electron chi connectivity index (χ0n) is 13.2. The molecule has 24 heavy (non-hydrogen) atoms. The van der Waals surface area contributed by atoms with Crippen molar-refractivity contribution >= 4 is 28.4 Å². The van der Waals surface area contributed by atoms with Crippen molar-refractivity contribution in [3.05, 3.63) is 57.5 Å². The molecule has 2 aromatic heterocycles. The molecule has 0 unspecified atom stereocenters. The van der Waals surface area contributed by atoms with Gasteiger partial charge in [0.15, 0.2) is 0 Å². The van der Waals surface area contributed by atoms with Gasteiger partial charge < -0.3 is 10.3 Å². The van der Waals surface area contributed by atoms with Gasteiger partial charge in [0.1, 0.15) is 17.8 Å². The van der Waals surface area contributed by atoms with Crippen molar-refractivity contribution in [2.24, 2.45) is 0 Å². The van der Waals surface area contributed by atoms with Crippen LogP contribution in [0.15, 0.2) is 30.6 Å². The fourth-order valence-corrected chi connectivity index (χ4v) is 2.53. The third-order valence-electron chi connectivity index (χ3n) is 3.83. The van der Waals surface area contributed by atoms with E-state index in [0.29, 0.717) is 17.0 Å². The second kappa shape index (κ2) is 6.07. The molecule has 0 aliphatic rings. The summed E-state index contributed by atoms with van der Waals surface area (Å²) in [5, 5.41) is 14.3. The Hall–Kier alpha value is -3.29. The number of nitrogens with zero attached hydrogens (tertiary/aromatic N) is 3. The number of nitrogens with one attached hydrogen (secondary N) is 2. The van der Waals surface area contributed by atoms with Gasteiger partial charge in [-0.1, -0.05) is 12.1 Å². The quantitative estimate of drug-likeness (QED) is 0.565. The normalized spacial score (nSPS) is 10.8. The van der Waals surface area contributed by atoms with Crippen molar-refractivity contribution in [1.29, 1.82) is 0 Å². The van der Waals surface area contributed by atoms with Gasteiger partial charge in [-0.25, -0.2) is 9.97 Å². The molecular weight excluding hydrogens is 310 g/mol. The number of nitro groups is 1. The van der Waals surface area contributed by atoms with E-state index in [-0.39, 0.29) is 18.0 Å². The second-order valence-electron chi connectivity index (χ2n) is 5.47. The number of non-ortho nitro benzene ring substituents is 1. The maximum absolute atomic E-state index is 12.3. The van der Waals surface area contributed by atoms with E-state index in [9.17, 15) is 14.9 Å². The molecule has 0 atom stereocenters. The van der Waals surface area contributed by atoms with Crippen LogP contribution < -0.4 is 5.32 Å². The van der Waals surface area contributed by atoms with Crippen LogP contribution in [0.2, 0.25) is 0 Å². The number of benzene rings is 1. The number of aromatic amines is 1. The van der Waals surface area contributed by atoms with E-state index < -0.39 is 4.92 Å². The van der Waals surface area contributed by atoms with Crippen LogP contribution in [0.3, 0.4) is 0 Å². The Labute approximate surface area is 137 Å². The Balaban J connectivity index is 1.83. The molecule has 2 heterocycles. The number of rotatable bonds is 4. The summed E-state index contributed by atoms with van der Waals surface area (Å²) in [6.45, 7) is 3.85. The van der Waals surface area contributed by atoms with E-state index in [2.05, 4.69) is 20.3 Å². The zero-order valence-corrected chi connectivity index (χ0v) is 13.2. The van der Waals surface area contributed by atoms with Crippen LogP contribution in [0, 0.1) is 24.0 Å². The van der Waals surface area contributed by atoms with Crippen LogP contribution in [-0.4, -0.2) is 25.8 Å². The first-order valence-corrected chi connectivity index (χ1v) is 7.28. The number of nitro benzene ring substituents is 1. The lowest BCUT2D eigenvalue weighted by molar-refractivity contribution is -0.384. The van der Waals surface area contributed by atoms with Gasteiger partial charge in [0.05, 0.1) is 16.7 Å². The van der Waals surface area contributed by atoms with Gasteiger partial charge in [-0.05, 0) is 25.0 Å². The standard InChI is InChI=1S/C16H15N5O3/c1-9-10(2)19-15-14(9)16(18-8-17-15)20-13(22)7-11-4-3-5-12(6-11)21(23)24/h3-6,8H,7H2,1-2H3,(H2,17,18,19,20,22). The SMILES string of the molecule is Cc1[nH]c2ncnc(NC(=O)Cc3cccc([N+](=O)[O-])c3)c2c1C. The predicted molar refractivity (Wildman–Crippen MR) is 88.8 cm³/mol. The van der Waals surface area contributed by atoms with Gasteiger partial charge in [0.2, 0.25) is 5.91 Å². The number of carbonyl (C=O) groups excluding carboxylic acids is 1. The van der Waals surface area contributed by atoms with E-state index in [1.807, 2.05) is 13.8 Å². The van der Waals surface area contributed by atoms with Crippen LogP contribution in [0.4, 0.5) is 11.5 Å². The Kier molecular flexibility index (Phi) is 3.95. The van der Waals surface area contributed by atoms with Crippen LogP contribution in [-0.2, 0) is 11.2 Å². The fourth-order valence-electron chi connectivity index (χ4n) is 2.53. The molecule has 1 amide bonds. The first-order valence-electron chi connectivity index (χ1n) is 7.28. The van der Waals surface area contributed by atoms with Crippen molar-refractivity contribution in [3.8, 4) is 0 Å². The lowest BCUT2D eigenvalue weighted by atomic mass is 10.1. The highest BCUT2D eigenvalue weighted by atomic mass is 16.6. The summed E-state index contributed by atoms with van der Waals surface area (Å²) >= 11 is 0. The minimum absolute atomic E-state index is 0.0234. The Morgan fingerprint density at radius 1 is 1.33 bits per heavy atom. The van der Waals surface area contributed by atoms with E-state index in [1.54, 1.807) is 12.1 Å². The highest BCUT2D eigenvalue weighted by Gasteiger charge is 2.14. The van der Waals surface area contributed by atoms with Gasteiger partial charge >= 0.3 is 0 Å². The monoisotopic (exact) mass is 325 g/mol. The molecule has 3 rings (SSSR count). The smallest absolute Gasteiger partial charge is 0.269 e. The lowest BCUT2D eigenvalue weighted by Crippen LogP contribution is -2.15. The van der Waals surface area contributed by atoms with Crippen LogP contribution >= 0.6 is 0 Å². The molecule has 0 spiro atoms. The summed E-state index contributed by atoms with van der Waals surface area (Å²) in [7, 11) is 0. The number of H-pyrrole nitrogens is 1. The fraction of sp³-hybridized carbons (Fsp3) is 0.188. The van der Waals surface area contributed by atoms with Crippen LogP contribution in [0.1, 0.15) is 16.8 Å². The Morgan fingerprint density at radius 2 is 2.12 bits per heavy atom. The second-order valence-corrected chi connectivity index (χ2v) is 5.47. The van der Waals surface area contributed by atoms with Crippen molar-refractivity contribution in [3.63, 3.8) is 0 Å². The third-order valence-corrected chi connectivity index (χ3v) is 3.83. The van der Waals surface area contributed by atoms with E-state index in [0.717, 1.165) is 16.6 Å². The lowest BCUT2D eigenvalue weighted by Gasteiger charge is -2.06. The van der Waals surface area contributed by atoms with Gasteiger partial charge in [-0.3, -0.25) is 14.9 Å². The summed E-state index contributed by atoms with van der Waals surface area (Å²) in [6.07, 6.45) is 1.40. The van der Waals surface area contributed by atoms with Crippen molar-refractivity contribution in [2.75, 3.05) is 5.32 Å². The maximum atomic E-state index is 12.3. The van der Waals surface area contributed by atoms with E-state index in [4.69, 9.17) is 0 Å². The topological polar surface area (TPSA) is 114 Å². The predicted octanol–water partition coefficient (Wildman–Crippen LogP) is 2.66. The third kappa shape index (κ3) is 2.94. The van der Waals surface area contributed by atoms with Crippen molar-refractivity contribution < 1.29 is 9.72 Å². The Morgan fingerprint density at radius 3 is 2.88 bits per heavy atom. The zero-order chi connectivity index (χ0) is 17.3. The minimum Gasteiger partial charge on any atom is -0.343 e. The van der Waals surface area contributed by atoms with Crippen molar-refractivity contribution in [2.45, 2.75) is 20.3 Å². The minimum atomic E-state index is -0.485. The molecule has 8 nitrogen and oxygen atoms in total.